The summed E-state index contributed by atoms with van der Waals surface area (Å²) in [7, 11) is 0. The standard InChI is InChI=1S/C5H6N2O2/c1-3-2-6-5(9)7-4(3)8/h2H,1H3,(H2,6,7,8,9)/i2T. The van der Waals surface area contributed by atoms with Crippen molar-refractivity contribution >= 4 is 0 Å². The molecule has 0 saturated carbocycles. The van der Waals surface area contributed by atoms with Gasteiger partial charge in [-0.25, -0.2) is 4.79 Å². The monoisotopic (exact) mass is 128 g/mol. The van der Waals surface area contributed by atoms with Crippen molar-refractivity contribution in [3.05, 3.63) is 32.6 Å². The van der Waals surface area contributed by atoms with Gasteiger partial charge in [0.25, 0.3) is 5.56 Å². The summed E-state index contributed by atoms with van der Waals surface area (Å²) in [5.74, 6) is 0. The van der Waals surface area contributed by atoms with Crippen LogP contribution in [0.25, 0.3) is 0 Å². The Kier molecular flexibility index (Phi) is 0.955. The molecule has 0 atom stereocenters. The van der Waals surface area contributed by atoms with E-state index in [0.29, 0.717) is 0 Å². The molecule has 0 spiro atoms. The molecular formula is C5H6N2O2. The Morgan fingerprint density at radius 2 is 2.33 bits per heavy atom. The van der Waals surface area contributed by atoms with Gasteiger partial charge in [0.05, 0.1) is 1.37 Å². The van der Waals surface area contributed by atoms with Gasteiger partial charge in [-0.15, -0.1) is 0 Å². The average molecular weight is 128 g/mol. The number of aromatic nitrogens is 2. The molecule has 0 aliphatic rings. The van der Waals surface area contributed by atoms with E-state index in [2.05, 4.69) is 4.98 Å². The molecule has 48 valence electrons. The SMILES string of the molecule is [3H]c1[nH]c(=O)[nH]c(=O)c1C. The minimum absolute atomic E-state index is 0.131. The van der Waals surface area contributed by atoms with Gasteiger partial charge in [0.2, 0.25) is 0 Å². The largest absolute Gasteiger partial charge is 0.325 e. The molecule has 0 bridgehead atoms. The van der Waals surface area contributed by atoms with Crippen LogP contribution in [-0.2, 0) is 0 Å². The maximum atomic E-state index is 10.7. The first-order valence-electron chi connectivity index (χ1n) is 2.91. The van der Waals surface area contributed by atoms with Gasteiger partial charge in [-0.05, 0) is 6.92 Å². The molecule has 9 heavy (non-hydrogen) atoms. The van der Waals surface area contributed by atoms with Crippen LogP contribution in [0.1, 0.15) is 6.93 Å². The van der Waals surface area contributed by atoms with Crippen molar-refractivity contribution in [3.63, 3.8) is 0 Å². The lowest BCUT2D eigenvalue weighted by Gasteiger charge is -1.84. The van der Waals surface area contributed by atoms with E-state index in [9.17, 15) is 9.59 Å². The highest BCUT2D eigenvalue weighted by atomic mass is 16.2. The Morgan fingerprint density at radius 1 is 1.67 bits per heavy atom. The van der Waals surface area contributed by atoms with Gasteiger partial charge in [0.1, 0.15) is 0 Å². The fraction of sp³-hybridized carbons (Fsp3) is 0.200. The maximum Gasteiger partial charge on any atom is 0.325 e. The lowest BCUT2D eigenvalue weighted by molar-refractivity contribution is 1.01. The van der Waals surface area contributed by atoms with Gasteiger partial charge in [-0.1, -0.05) is 0 Å². The van der Waals surface area contributed by atoms with E-state index >= 15 is 0 Å². The zero-order valence-electron chi connectivity index (χ0n) is 5.82. The molecule has 1 aromatic heterocycles. The molecule has 4 nitrogen and oxygen atoms in total. The van der Waals surface area contributed by atoms with E-state index < -0.39 is 11.2 Å². The topological polar surface area (TPSA) is 65.7 Å². The molecule has 0 aliphatic heterocycles. The quantitative estimate of drug-likeness (QED) is 0.488. The van der Waals surface area contributed by atoms with Gasteiger partial charge in [-0.3, -0.25) is 9.78 Å². The number of nitrogens with one attached hydrogen (secondary N) is 2. The summed E-state index contributed by atoms with van der Waals surface area (Å²) < 4.78 is 7.03. The first-order valence-corrected chi connectivity index (χ1v) is 2.41. The molecule has 0 aromatic carbocycles. The molecule has 0 fully saturated rings. The molecule has 0 saturated heterocycles. The second kappa shape index (κ2) is 1.89. The molecule has 1 rings (SSSR count). The number of H-pyrrole nitrogens is 2. The van der Waals surface area contributed by atoms with Crippen molar-refractivity contribution in [3.8, 4) is 0 Å². The summed E-state index contributed by atoms with van der Waals surface area (Å²) in [5, 5.41) is 0. The average Bonchev–Trinajstić information content (AvgIpc) is 1.82. The summed E-state index contributed by atoms with van der Waals surface area (Å²) in [6, 6.07) is 0. The van der Waals surface area contributed by atoms with Gasteiger partial charge < -0.3 is 4.98 Å². The Balaban J connectivity index is 3.62. The molecule has 2 N–H and O–H groups in total. The number of hydrogen-bond donors (Lipinski definition) is 2. The second-order valence-corrected chi connectivity index (χ2v) is 1.66. The molecule has 4 heteroatoms. The van der Waals surface area contributed by atoms with E-state index in [1.807, 2.05) is 4.98 Å². The highest BCUT2D eigenvalue weighted by molar-refractivity contribution is 4.98. The maximum absolute atomic E-state index is 10.7. The number of aromatic amines is 2. The van der Waals surface area contributed by atoms with Crippen LogP contribution in [0.5, 0.6) is 0 Å². The Labute approximate surface area is 52.0 Å². The number of hydrogen-bond acceptors (Lipinski definition) is 2. The zero-order valence-corrected chi connectivity index (χ0v) is 4.82. The zero-order chi connectivity index (χ0) is 7.72. The van der Waals surface area contributed by atoms with Crippen LogP contribution in [0.15, 0.2) is 15.8 Å². The predicted molar refractivity (Wildman–Crippen MR) is 32.4 cm³/mol. The van der Waals surface area contributed by atoms with Crippen LogP contribution in [0.2, 0.25) is 0 Å². The van der Waals surface area contributed by atoms with Gasteiger partial charge in [-0.2, -0.15) is 0 Å². The number of rotatable bonds is 0. The summed E-state index contributed by atoms with van der Waals surface area (Å²) in [6.07, 6.45) is -0.131. The van der Waals surface area contributed by atoms with Crippen LogP contribution in [0.3, 0.4) is 0 Å². The highest BCUT2D eigenvalue weighted by Gasteiger charge is 1.88. The minimum atomic E-state index is -0.638. The molecule has 0 aliphatic carbocycles. The van der Waals surface area contributed by atoms with Crippen LogP contribution < -0.4 is 11.2 Å². The van der Waals surface area contributed by atoms with E-state index in [-0.39, 0.29) is 11.7 Å². The summed E-state index contributed by atoms with van der Waals surface area (Å²) in [4.78, 5) is 25.2. The van der Waals surface area contributed by atoms with Crippen molar-refractivity contribution in [2.45, 2.75) is 6.92 Å². The third kappa shape index (κ3) is 1.07. The predicted octanol–water partition coefficient (Wildman–Crippen LogP) is -0.628. The first-order chi connectivity index (χ1) is 4.61. The summed E-state index contributed by atoms with van der Waals surface area (Å²) in [6.45, 7) is 1.47. The van der Waals surface area contributed by atoms with Crippen molar-refractivity contribution in [1.82, 2.24) is 9.97 Å². The third-order valence-corrected chi connectivity index (χ3v) is 0.931. The van der Waals surface area contributed by atoms with Crippen molar-refractivity contribution < 1.29 is 1.37 Å². The lowest BCUT2D eigenvalue weighted by atomic mass is 10.4. The summed E-state index contributed by atoms with van der Waals surface area (Å²) >= 11 is 0. The highest BCUT2D eigenvalue weighted by Crippen LogP contribution is 1.73. The Morgan fingerprint density at radius 3 is 2.89 bits per heavy atom. The van der Waals surface area contributed by atoms with Gasteiger partial charge in [0, 0.05) is 11.7 Å². The van der Waals surface area contributed by atoms with Gasteiger partial charge in [0.15, 0.2) is 0 Å². The molecule has 1 heterocycles. The summed E-state index contributed by atoms with van der Waals surface area (Å²) in [5.41, 5.74) is -0.922. The normalized spacial score (nSPS) is 11.0. The lowest BCUT2D eigenvalue weighted by Crippen LogP contribution is -2.22. The third-order valence-electron chi connectivity index (χ3n) is 0.931. The van der Waals surface area contributed by atoms with Crippen molar-refractivity contribution in [2.75, 3.05) is 0 Å². The minimum Gasteiger partial charge on any atom is -0.314 e. The van der Waals surface area contributed by atoms with Crippen LogP contribution >= 0.6 is 0 Å². The molecular weight excluding hydrogens is 120 g/mol. The molecule has 0 radical (unpaired) electrons. The Hall–Kier alpha value is -1.32. The smallest absolute Gasteiger partial charge is 0.314 e. The fourth-order valence-corrected chi connectivity index (χ4v) is 0.435. The molecule has 1 aromatic rings. The molecule has 0 amide bonds. The molecule has 0 unspecified atom stereocenters. The van der Waals surface area contributed by atoms with Gasteiger partial charge >= 0.3 is 5.69 Å². The van der Waals surface area contributed by atoms with Crippen LogP contribution in [-0.4, -0.2) is 9.97 Å². The fourth-order valence-electron chi connectivity index (χ4n) is 0.435. The van der Waals surface area contributed by atoms with Crippen LogP contribution in [0, 0.1) is 6.92 Å². The first kappa shape index (κ1) is 4.55. The van der Waals surface area contributed by atoms with E-state index in [0.717, 1.165) is 0 Å². The van der Waals surface area contributed by atoms with E-state index in [1.54, 1.807) is 0 Å². The van der Waals surface area contributed by atoms with Crippen molar-refractivity contribution in [1.29, 1.82) is 0 Å². The Bertz CT molecular complexity index is 351. The van der Waals surface area contributed by atoms with E-state index in [4.69, 9.17) is 1.37 Å². The van der Waals surface area contributed by atoms with E-state index in [1.165, 1.54) is 6.92 Å². The van der Waals surface area contributed by atoms with Crippen LogP contribution in [0.4, 0.5) is 0 Å². The second-order valence-electron chi connectivity index (χ2n) is 1.66. The van der Waals surface area contributed by atoms with Crippen molar-refractivity contribution in [2.24, 2.45) is 0 Å².